The SMILES string of the molecule is CC(C=O)C1=CCCCC1. The molecule has 0 saturated carbocycles. The predicted molar refractivity (Wildman–Crippen MR) is 41.8 cm³/mol. The van der Waals surface area contributed by atoms with E-state index in [2.05, 4.69) is 6.08 Å². The molecule has 0 aliphatic heterocycles. The van der Waals surface area contributed by atoms with Gasteiger partial charge < -0.3 is 4.79 Å². The second-order valence-corrected chi connectivity index (χ2v) is 2.95. The lowest BCUT2D eigenvalue weighted by Crippen LogP contribution is -2.03. The minimum absolute atomic E-state index is 0.167. The van der Waals surface area contributed by atoms with Crippen LogP contribution >= 0.6 is 0 Å². The molecule has 56 valence electrons. The highest BCUT2D eigenvalue weighted by atomic mass is 16.1. The van der Waals surface area contributed by atoms with Crippen molar-refractivity contribution in [3.05, 3.63) is 11.6 Å². The van der Waals surface area contributed by atoms with E-state index in [0.717, 1.165) is 12.7 Å². The summed E-state index contributed by atoms with van der Waals surface area (Å²) in [7, 11) is 0. The van der Waals surface area contributed by atoms with Gasteiger partial charge in [-0.1, -0.05) is 18.6 Å². The average molecular weight is 138 g/mol. The predicted octanol–water partition coefficient (Wildman–Crippen LogP) is 2.32. The van der Waals surface area contributed by atoms with E-state index in [1.54, 1.807) is 0 Å². The largest absolute Gasteiger partial charge is 0.303 e. The quantitative estimate of drug-likeness (QED) is 0.423. The fourth-order valence-corrected chi connectivity index (χ4v) is 1.36. The Morgan fingerprint density at radius 2 is 2.40 bits per heavy atom. The molecule has 1 nitrogen and oxygen atoms in total. The molecule has 0 amide bonds. The van der Waals surface area contributed by atoms with Crippen LogP contribution in [0.15, 0.2) is 11.6 Å². The second-order valence-electron chi connectivity index (χ2n) is 2.95. The Kier molecular flexibility index (Phi) is 2.67. The van der Waals surface area contributed by atoms with Crippen LogP contribution in [-0.4, -0.2) is 6.29 Å². The third-order valence-electron chi connectivity index (χ3n) is 2.12. The van der Waals surface area contributed by atoms with E-state index < -0.39 is 0 Å². The molecular formula is C9H14O. The minimum atomic E-state index is 0.167. The van der Waals surface area contributed by atoms with Crippen molar-refractivity contribution in [3.63, 3.8) is 0 Å². The average Bonchev–Trinajstić information content (AvgIpc) is 2.05. The molecule has 1 atom stereocenters. The molecule has 0 heterocycles. The Hall–Kier alpha value is -0.590. The highest BCUT2D eigenvalue weighted by Crippen LogP contribution is 2.22. The molecule has 10 heavy (non-hydrogen) atoms. The maximum absolute atomic E-state index is 10.4. The Bertz CT molecular complexity index is 147. The number of hydrogen-bond donors (Lipinski definition) is 0. The van der Waals surface area contributed by atoms with Crippen molar-refractivity contribution in [1.82, 2.24) is 0 Å². The number of aldehydes is 1. The number of carbonyl (C=O) groups is 1. The zero-order valence-electron chi connectivity index (χ0n) is 6.47. The van der Waals surface area contributed by atoms with Crippen LogP contribution in [0.4, 0.5) is 0 Å². The fourth-order valence-electron chi connectivity index (χ4n) is 1.36. The summed E-state index contributed by atoms with van der Waals surface area (Å²) in [5.41, 5.74) is 1.35. The van der Waals surface area contributed by atoms with Crippen LogP contribution in [0.5, 0.6) is 0 Å². The first-order chi connectivity index (χ1) is 4.84. The summed E-state index contributed by atoms with van der Waals surface area (Å²) in [6.07, 6.45) is 8.15. The van der Waals surface area contributed by atoms with Crippen LogP contribution in [0.3, 0.4) is 0 Å². The van der Waals surface area contributed by atoms with E-state index in [9.17, 15) is 4.79 Å². The Labute approximate surface area is 62.1 Å². The van der Waals surface area contributed by atoms with E-state index in [4.69, 9.17) is 0 Å². The molecule has 0 aromatic rings. The van der Waals surface area contributed by atoms with Crippen LogP contribution < -0.4 is 0 Å². The van der Waals surface area contributed by atoms with E-state index in [1.807, 2.05) is 6.92 Å². The molecule has 0 aromatic carbocycles. The van der Waals surface area contributed by atoms with Crippen LogP contribution in [0.25, 0.3) is 0 Å². The zero-order chi connectivity index (χ0) is 7.40. The topological polar surface area (TPSA) is 17.1 Å². The van der Waals surface area contributed by atoms with E-state index in [1.165, 1.54) is 24.8 Å². The molecular weight excluding hydrogens is 124 g/mol. The molecule has 1 aliphatic rings. The van der Waals surface area contributed by atoms with Gasteiger partial charge in [0.15, 0.2) is 0 Å². The summed E-state index contributed by atoms with van der Waals surface area (Å²) >= 11 is 0. The second kappa shape index (κ2) is 3.55. The summed E-state index contributed by atoms with van der Waals surface area (Å²) in [5, 5.41) is 0. The Morgan fingerprint density at radius 3 is 2.90 bits per heavy atom. The van der Waals surface area contributed by atoms with Gasteiger partial charge in [-0.2, -0.15) is 0 Å². The first kappa shape index (κ1) is 7.52. The van der Waals surface area contributed by atoms with Crippen molar-refractivity contribution >= 4 is 6.29 Å². The van der Waals surface area contributed by atoms with Gasteiger partial charge in [-0.25, -0.2) is 0 Å². The van der Waals surface area contributed by atoms with Crippen LogP contribution in [0, 0.1) is 5.92 Å². The third kappa shape index (κ3) is 1.69. The zero-order valence-corrected chi connectivity index (χ0v) is 6.47. The Balaban J connectivity index is 2.52. The molecule has 0 saturated heterocycles. The van der Waals surface area contributed by atoms with Crippen molar-refractivity contribution < 1.29 is 4.79 Å². The lowest BCUT2D eigenvalue weighted by molar-refractivity contribution is -0.109. The molecule has 0 spiro atoms. The van der Waals surface area contributed by atoms with Crippen LogP contribution in [-0.2, 0) is 4.79 Å². The molecule has 1 aliphatic carbocycles. The van der Waals surface area contributed by atoms with Crippen LogP contribution in [0.2, 0.25) is 0 Å². The minimum Gasteiger partial charge on any atom is -0.303 e. The van der Waals surface area contributed by atoms with Gasteiger partial charge >= 0.3 is 0 Å². The summed E-state index contributed by atoms with van der Waals surface area (Å²) in [4.78, 5) is 10.4. The van der Waals surface area contributed by atoms with Gasteiger partial charge in [-0.05, 0) is 25.7 Å². The van der Waals surface area contributed by atoms with Gasteiger partial charge in [-0.15, -0.1) is 0 Å². The first-order valence-corrected chi connectivity index (χ1v) is 3.99. The molecule has 1 heteroatoms. The van der Waals surface area contributed by atoms with Gasteiger partial charge in [0, 0.05) is 5.92 Å². The maximum Gasteiger partial charge on any atom is 0.126 e. The molecule has 0 N–H and O–H groups in total. The fraction of sp³-hybridized carbons (Fsp3) is 0.667. The Morgan fingerprint density at radius 1 is 1.60 bits per heavy atom. The van der Waals surface area contributed by atoms with Gasteiger partial charge in [-0.3, -0.25) is 0 Å². The lowest BCUT2D eigenvalue weighted by Gasteiger charge is -2.14. The molecule has 0 radical (unpaired) electrons. The highest BCUT2D eigenvalue weighted by molar-refractivity contribution is 5.58. The van der Waals surface area contributed by atoms with Crippen LogP contribution in [0.1, 0.15) is 32.6 Å². The summed E-state index contributed by atoms with van der Waals surface area (Å²) in [5.74, 6) is 0.167. The molecule has 0 aromatic heterocycles. The van der Waals surface area contributed by atoms with Gasteiger partial charge in [0.05, 0.1) is 0 Å². The lowest BCUT2D eigenvalue weighted by atomic mass is 9.91. The van der Waals surface area contributed by atoms with Gasteiger partial charge in [0.2, 0.25) is 0 Å². The first-order valence-electron chi connectivity index (χ1n) is 3.99. The van der Waals surface area contributed by atoms with Crippen molar-refractivity contribution in [2.75, 3.05) is 0 Å². The van der Waals surface area contributed by atoms with E-state index >= 15 is 0 Å². The van der Waals surface area contributed by atoms with Crippen molar-refractivity contribution in [2.24, 2.45) is 5.92 Å². The van der Waals surface area contributed by atoms with E-state index in [-0.39, 0.29) is 5.92 Å². The molecule has 0 bridgehead atoms. The normalized spacial score (nSPS) is 21.5. The molecule has 1 rings (SSSR count). The molecule has 1 unspecified atom stereocenters. The number of rotatable bonds is 2. The number of hydrogen-bond acceptors (Lipinski definition) is 1. The summed E-state index contributed by atoms with van der Waals surface area (Å²) < 4.78 is 0. The highest BCUT2D eigenvalue weighted by Gasteiger charge is 2.09. The van der Waals surface area contributed by atoms with Gasteiger partial charge in [0.1, 0.15) is 6.29 Å². The standard InChI is InChI=1S/C9H14O/c1-8(7-10)9-5-3-2-4-6-9/h5,7-8H,2-4,6H2,1H3. The molecule has 0 fully saturated rings. The summed E-state index contributed by atoms with van der Waals surface area (Å²) in [6.45, 7) is 1.98. The monoisotopic (exact) mass is 138 g/mol. The summed E-state index contributed by atoms with van der Waals surface area (Å²) in [6, 6.07) is 0. The number of allylic oxidation sites excluding steroid dienone is 2. The smallest absolute Gasteiger partial charge is 0.126 e. The third-order valence-corrected chi connectivity index (χ3v) is 2.12. The van der Waals surface area contributed by atoms with Gasteiger partial charge in [0.25, 0.3) is 0 Å². The maximum atomic E-state index is 10.4. The van der Waals surface area contributed by atoms with Crippen molar-refractivity contribution in [3.8, 4) is 0 Å². The van der Waals surface area contributed by atoms with Crippen molar-refractivity contribution in [1.29, 1.82) is 0 Å². The number of carbonyl (C=O) groups excluding carboxylic acids is 1. The van der Waals surface area contributed by atoms with Crippen molar-refractivity contribution in [2.45, 2.75) is 32.6 Å². The van der Waals surface area contributed by atoms with E-state index in [0.29, 0.717) is 0 Å².